The molecule has 2 aliphatic heterocycles. The Hall–Kier alpha value is -9.97. The van der Waals surface area contributed by atoms with E-state index in [2.05, 4.69) is 66.6 Å². The number of nitrogens with one attached hydrogen (secondary N) is 5. The fourth-order valence-electron chi connectivity index (χ4n) is 6.33. The van der Waals surface area contributed by atoms with E-state index in [1.54, 1.807) is 65.8 Å². The predicted octanol–water partition coefficient (Wildman–Crippen LogP) is 0.837. The lowest BCUT2D eigenvalue weighted by Crippen LogP contribution is -2.57. The molecule has 38 heteroatoms. The molecule has 36 nitrogen and oxygen atoms in total. The van der Waals surface area contributed by atoms with Gasteiger partial charge >= 0.3 is 59.9 Å². The number of azide groups is 2. The zero-order valence-corrected chi connectivity index (χ0v) is 53.1. The topological polar surface area (TPSA) is 534 Å². The molecule has 4 rings (SSSR count). The van der Waals surface area contributed by atoms with Crippen LogP contribution in [0.25, 0.3) is 20.9 Å². The number of hydrogen-bond donors (Lipinski definition) is 7. The summed E-state index contributed by atoms with van der Waals surface area (Å²) >= 11 is 0. The zero-order valence-electron chi connectivity index (χ0n) is 53.1. The minimum atomic E-state index is -3.34. The Morgan fingerprint density at radius 3 is 1.47 bits per heavy atom. The van der Waals surface area contributed by atoms with Crippen molar-refractivity contribution in [3.63, 3.8) is 0 Å². The molecule has 0 saturated carbocycles. The van der Waals surface area contributed by atoms with Gasteiger partial charge in [0, 0.05) is 50.2 Å². The summed E-state index contributed by atoms with van der Waals surface area (Å²) in [6, 6.07) is 13.8. The number of quaternary nitrogens is 1. The number of carbonyl (C=O) groups excluding carboxylic acids is 13. The highest BCUT2D eigenvalue weighted by Gasteiger charge is 2.37. The molecular formula is C56H80F2N12O24. The zero-order chi connectivity index (χ0) is 71.8. The number of alkyl carbamates (subject to hydrolysis) is 2. The molecule has 94 heavy (non-hydrogen) atoms. The molecule has 2 heterocycles. The van der Waals surface area contributed by atoms with Gasteiger partial charge in [-0.1, -0.05) is 70.9 Å². The van der Waals surface area contributed by atoms with Gasteiger partial charge in [0.2, 0.25) is 11.8 Å². The molecule has 2 aromatic rings. The van der Waals surface area contributed by atoms with Crippen molar-refractivity contribution in [3.05, 3.63) is 92.7 Å². The number of carboxylic acids is 1. The van der Waals surface area contributed by atoms with E-state index in [0.717, 1.165) is 17.7 Å². The number of amides is 4. The van der Waals surface area contributed by atoms with Crippen LogP contribution in [0.2, 0.25) is 0 Å². The van der Waals surface area contributed by atoms with Gasteiger partial charge in [-0.15, -0.1) is 0 Å². The first-order chi connectivity index (χ1) is 44.0. The number of alkyl halides is 2. The van der Waals surface area contributed by atoms with Gasteiger partial charge in [-0.2, -0.15) is 0 Å². The number of nitrogens with zero attached hydrogens (tertiary/aromatic N) is 6. The van der Waals surface area contributed by atoms with Crippen LogP contribution in [0.3, 0.4) is 0 Å². The van der Waals surface area contributed by atoms with Crippen LogP contribution < -0.4 is 37.4 Å². The highest BCUT2D eigenvalue weighted by atomic mass is 19.3. The number of aliphatic carboxylic acids is 1. The van der Waals surface area contributed by atoms with E-state index in [0.29, 0.717) is 19.8 Å². The second-order valence-corrected chi connectivity index (χ2v) is 20.5. The number of ether oxygens (including phenoxy) is 9. The van der Waals surface area contributed by atoms with E-state index >= 15 is 0 Å². The summed E-state index contributed by atoms with van der Waals surface area (Å²) in [6.45, 7) is 16.7. The van der Waals surface area contributed by atoms with Crippen LogP contribution in [0.15, 0.2) is 70.9 Å². The number of rotatable bonds is 29. The molecule has 522 valence electrons. The minimum Gasteiger partial charge on any atom is -0.544 e. The van der Waals surface area contributed by atoms with Crippen LogP contribution in [-0.4, -0.2) is 183 Å². The third kappa shape index (κ3) is 48.8. The maximum atomic E-state index is 12.8. The van der Waals surface area contributed by atoms with Crippen molar-refractivity contribution >= 4 is 77.7 Å². The number of esters is 8. The van der Waals surface area contributed by atoms with Crippen LogP contribution in [0.1, 0.15) is 99.1 Å². The van der Waals surface area contributed by atoms with Crippen molar-refractivity contribution in [2.45, 2.75) is 149 Å². The van der Waals surface area contributed by atoms with E-state index < -0.39 is 139 Å². The van der Waals surface area contributed by atoms with Crippen LogP contribution in [0, 0.1) is 0 Å². The molecule has 1 unspecified atom stereocenters. The molecule has 0 aromatic heterocycles. The van der Waals surface area contributed by atoms with Crippen molar-refractivity contribution in [1.82, 2.24) is 26.6 Å². The van der Waals surface area contributed by atoms with Crippen molar-refractivity contribution in [1.29, 1.82) is 0 Å². The molecule has 2 aliphatic rings. The predicted molar refractivity (Wildman–Crippen MR) is 314 cm³/mol. The molecule has 2 fully saturated rings. The lowest BCUT2D eigenvalue weighted by molar-refractivity contribution is -0.374. The molecule has 0 bridgehead atoms. The van der Waals surface area contributed by atoms with Gasteiger partial charge in [0.25, 0.3) is 6.43 Å². The van der Waals surface area contributed by atoms with Gasteiger partial charge in [0.05, 0.1) is 70.7 Å². The monoisotopic (exact) mass is 1340 g/mol. The number of aliphatic hydroxyl groups excluding tert-OH is 1. The summed E-state index contributed by atoms with van der Waals surface area (Å²) in [4.78, 5) is 149. The number of cyclic esters (lactones) is 4. The Balaban J connectivity index is 0. The lowest BCUT2D eigenvalue weighted by atomic mass is 10.1. The third-order valence-electron chi connectivity index (χ3n) is 9.92. The van der Waals surface area contributed by atoms with Crippen LogP contribution in [0.5, 0.6) is 0 Å². The molecule has 0 radical (unpaired) electrons. The Bertz CT molecular complexity index is 2840. The number of halogens is 2. The van der Waals surface area contributed by atoms with E-state index in [4.69, 9.17) is 49.4 Å². The average Bonchev–Trinajstić information content (AvgIpc) is 1.61. The Kier molecular flexibility index (Phi) is 44.7. The van der Waals surface area contributed by atoms with E-state index in [1.807, 2.05) is 36.4 Å². The second-order valence-electron chi connectivity index (χ2n) is 20.5. The highest BCUT2D eigenvalue weighted by molar-refractivity contribution is 5.98. The summed E-state index contributed by atoms with van der Waals surface area (Å²) in [6.07, 6.45) is -7.88. The van der Waals surface area contributed by atoms with Crippen LogP contribution >= 0.6 is 0 Å². The standard InChI is InChI=1S/C25H38N6O8.C12H11NO5.C9H13NO5.C4H10N4O.C4H6O3.C2H2F2O2/c1-17(32)29-20(14-21(33)38-16-18-8-6-5-7-9-18)24(36)30-19(15-22(34)39-25(2,3)4)23(35)27-10-12-37-13-11-28-31-26;14-10(6-9-11(15)18-12(16)13-9)17-7-8-4-2-1-3-5-8;1-9(2,3)15-6(11)4-5-7(12)14-8(13)10-5;5-1-3-9-4-2-7-8-6;1-3(5)7-4(2)6;3-1(4)2(5)6/h5-9,19-20,24,30,36H,10-16H2,1-4H3,(H,27,35)(H,29,32);1-5,9H,6-7H2,(H,13,16);5H,4H2,1-3H3,(H,10,13);1-5H2;1-2H3;1H,(H,5,6)/t19-,20-,24?;9-;5-;;;/m000.../s1. The first kappa shape index (κ1) is 86.1. The second kappa shape index (κ2) is 48.8. The summed E-state index contributed by atoms with van der Waals surface area (Å²) in [5.41, 5.74) is 19.8. The first-order valence-corrected chi connectivity index (χ1v) is 28.0. The number of hydrogen-bond acceptors (Lipinski definition) is 27. The number of benzene rings is 2. The molecular weight excluding hydrogens is 1260 g/mol. The normalized spacial score (nSPS) is 14.3. The SMILES string of the molecule is CC(=O)N[C@@H](CC(=O)OCc1ccccc1)C(O)N[C@@H](CC(=O)OC(C)(C)C)C(=O)NCCOCCN=[N+]=[N-].CC(=O)OC(C)=O.CC(C)(C)OC(=O)C[C@@H]1NC(=O)OC1=O.O=C(C[C@@H]1NC(=O)OC1=O)OCc1ccccc1.O=C([O-])C(F)F.[N-]=[N+]=NCCOCC[NH3+]. The van der Waals surface area contributed by atoms with E-state index in [9.17, 15) is 71.4 Å². The van der Waals surface area contributed by atoms with Gasteiger partial charge < -0.3 is 84.6 Å². The molecule has 4 amide bonds. The van der Waals surface area contributed by atoms with E-state index in [1.165, 1.54) is 20.8 Å². The number of aliphatic hydroxyl groups is 1. The molecule has 2 saturated heterocycles. The quantitative estimate of drug-likeness (QED) is 0.00867. The summed E-state index contributed by atoms with van der Waals surface area (Å²) in [5, 5.41) is 38.3. The third-order valence-corrected chi connectivity index (χ3v) is 9.92. The lowest BCUT2D eigenvalue weighted by Gasteiger charge is -2.28. The molecule has 0 spiro atoms. The fraction of sp³-hybridized carbons (Fsp3) is 0.554. The van der Waals surface area contributed by atoms with E-state index in [-0.39, 0.29) is 52.4 Å². The Morgan fingerprint density at radius 1 is 0.670 bits per heavy atom. The van der Waals surface area contributed by atoms with Gasteiger partial charge in [0.15, 0.2) is 0 Å². The van der Waals surface area contributed by atoms with Gasteiger partial charge in [0.1, 0.15) is 48.7 Å². The summed E-state index contributed by atoms with van der Waals surface area (Å²) in [5.74, 6) is -8.63. The largest absolute Gasteiger partial charge is 0.544 e. The van der Waals surface area contributed by atoms with Crippen LogP contribution in [0.4, 0.5) is 18.4 Å². The molecule has 2 aromatic carbocycles. The smallest absolute Gasteiger partial charge is 0.415 e. The number of carbonyl (C=O) groups is 13. The highest BCUT2D eigenvalue weighted by Crippen LogP contribution is 2.14. The Labute approximate surface area is 537 Å². The van der Waals surface area contributed by atoms with Crippen molar-refractivity contribution < 1.29 is 130 Å². The Morgan fingerprint density at radius 2 is 1.10 bits per heavy atom. The maximum absolute atomic E-state index is 12.8. The molecule has 5 atom stereocenters. The van der Waals surface area contributed by atoms with Crippen molar-refractivity contribution in [3.8, 4) is 0 Å². The summed E-state index contributed by atoms with van der Waals surface area (Å²) < 4.78 is 64.1. The molecule has 0 aliphatic carbocycles. The minimum absolute atomic E-state index is 0.00456. The van der Waals surface area contributed by atoms with Crippen molar-refractivity contribution in [2.24, 2.45) is 10.2 Å². The number of carboxylic acid groups (broad SMARTS) is 1. The van der Waals surface area contributed by atoms with Gasteiger partial charge in [-0.3, -0.25) is 43.7 Å². The average molecular weight is 1340 g/mol. The van der Waals surface area contributed by atoms with Gasteiger partial charge in [-0.25, -0.2) is 28.0 Å². The molecule has 9 N–H and O–H groups in total. The fourth-order valence-corrected chi connectivity index (χ4v) is 6.33. The first-order valence-electron chi connectivity index (χ1n) is 28.0. The summed E-state index contributed by atoms with van der Waals surface area (Å²) in [7, 11) is 0. The maximum Gasteiger partial charge on any atom is 0.415 e. The van der Waals surface area contributed by atoms with Gasteiger partial charge in [-0.05, 0) is 63.7 Å². The van der Waals surface area contributed by atoms with Crippen molar-refractivity contribution in [2.75, 3.05) is 52.6 Å². The van der Waals surface area contributed by atoms with Crippen LogP contribution in [-0.2, 0) is 109 Å².